The van der Waals surface area contributed by atoms with Gasteiger partial charge in [-0.1, -0.05) is 0 Å². The highest BCUT2D eigenvalue weighted by Gasteiger charge is 2.36. The lowest BCUT2D eigenvalue weighted by Crippen LogP contribution is -2.42. The van der Waals surface area contributed by atoms with Gasteiger partial charge in [0.15, 0.2) is 0 Å². The predicted octanol–water partition coefficient (Wildman–Crippen LogP) is 3.89. The zero-order chi connectivity index (χ0) is 16.5. The zero-order valence-electron chi connectivity index (χ0n) is 11.4. The number of hydrogen-bond donors (Lipinski definition) is 0. The second kappa shape index (κ2) is 5.81. The van der Waals surface area contributed by atoms with Crippen molar-refractivity contribution in [3.8, 4) is 0 Å². The fourth-order valence-electron chi connectivity index (χ4n) is 2.14. The molecule has 2 rings (SSSR count). The molecule has 0 bridgehead atoms. The van der Waals surface area contributed by atoms with Crippen molar-refractivity contribution in [1.82, 2.24) is 4.90 Å². The average Bonchev–Trinajstić information content (AvgIpc) is 2.32. The minimum absolute atomic E-state index is 0.0841. The number of nitrogens with zero attached hydrogens (tertiary/aromatic N) is 1. The second-order valence-electron chi connectivity index (χ2n) is 5.15. The predicted molar refractivity (Wildman–Crippen MR) is 66.0 cm³/mol. The van der Waals surface area contributed by atoms with Gasteiger partial charge >= 0.3 is 12.4 Å². The van der Waals surface area contributed by atoms with Crippen LogP contribution in [-0.4, -0.2) is 23.9 Å². The van der Waals surface area contributed by atoms with Gasteiger partial charge in [-0.25, -0.2) is 0 Å². The molecule has 1 aromatic carbocycles. The van der Waals surface area contributed by atoms with Crippen LogP contribution in [0, 0.1) is 0 Å². The lowest BCUT2D eigenvalue weighted by Gasteiger charge is -2.31. The van der Waals surface area contributed by atoms with Crippen LogP contribution in [0.5, 0.6) is 0 Å². The van der Waals surface area contributed by atoms with E-state index in [0.717, 1.165) is 6.42 Å². The van der Waals surface area contributed by atoms with Gasteiger partial charge in [0.25, 0.3) is 0 Å². The lowest BCUT2D eigenvalue weighted by molar-refractivity contribution is -0.143. The smallest absolute Gasteiger partial charge is 0.343 e. The largest absolute Gasteiger partial charge is 0.416 e. The van der Waals surface area contributed by atoms with E-state index in [1.54, 1.807) is 0 Å². The van der Waals surface area contributed by atoms with Crippen LogP contribution in [0.25, 0.3) is 0 Å². The highest BCUT2D eigenvalue weighted by atomic mass is 19.4. The zero-order valence-corrected chi connectivity index (χ0v) is 11.4. The summed E-state index contributed by atoms with van der Waals surface area (Å²) >= 11 is 0. The summed E-state index contributed by atoms with van der Waals surface area (Å²) in [7, 11) is 0. The van der Waals surface area contributed by atoms with Crippen molar-refractivity contribution in [2.75, 3.05) is 13.1 Å². The van der Waals surface area contributed by atoms with Gasteiger partial charge in [-0.3, -0.25) is 4.79 Å². The van der Waals surface area contributed by atoms with Gasteiger partial charge in [-0.2, -0.15) is 26.3 Å². The summed E-state index contributed by atoms with van der Waals surface area (Å²) in [6.45, 7) is 1.18. The van der Waals surface area contributed by atoms with Crippen LogP contribution in [0.1, 0.15) is 29.5 Å². The molecule has 0 N–H and O–H groups in total. The minimum atomic E-state index is -4.86. The molecular formula is C14H13F6NO. The number of carbonyl (C=O) groups is 1. The Balaban J connectivity index is 2.20. The van der Waals surface area contributed by atoms with Crippen LogP contribution in [0.15, 0.2) is 18.2 Å². The Kier molecular flexibility index (Phi) is 4.39. The van der Waals surface area contributed by atoms with Gasteiger partial charge in [-0.15, -0.1) is 0 Å². The molecule has 1 amide bonds. The number of hydrogen-bond acceptors (Lipinski definition) is 1. The Hall–Kier alpha value is -1.73. The number of likely N-dealkylation sites (tertiary alicyclic amines) is 1. The fourth-order valence-corrected chi connectivity index (χ4v) is 2.14. The van der Waals surface area contributed by atoms with Crippen molar-refractivity contribution in [3.63, 3.8) is 0 Å². The summed E-state index contributed by atoms with van der Waals surface area (Å²) < 4.78 is 76.1. The van der Waals surface area contributed by atoms with Crippen molar-refractivity contribution in [2.45, 2.75) is 31.6 Å². The first-order chi connectivity index (χ1) is 10.1. The Morgan fingerprint density at radius 2 is 1.45 bits per heavy atom. The Bertz CT molecular complexity index is 527. The lowest BCUT2D eigenvalue weighted by atomic mass is 10.0. The molecule has 22 heavy (non-hydrogen) atoms. The van der Waals surface area contributed by atoms with Crippen molar-refractivity contribution in [1.29, 1.82) is 0 Å². The molecule has 0 spiro atoms. The van der Waals surface area contributed by atoms with Crippen molar-refractivity contribution < 1.29 is 31.1 Å². The second-order valence-corrected chi connectivity index (χ2v) is 5.15. The van der Waals surface area contributed by atoms with Gasteiger partial charge in [0, 0.05) is 19.5 Å². The van der Waals surface area contributed by atoms with Crippen LogP contribution in [0.2, 0.25) is 0 Å². The topological polar surface area (TPSA) is 20.3 Å². The van der Waals surface area contributed by atoms with Gasteiger partial charge < -0.3 is 4.90 Å². The summed E-state index contributed by atoms with van der Waals surface area (Å²) in [5.41, 5.74) is -2.85. The van der Waals surface area contributed by atoms with Gasteiger partial charge in [-0.05, 0) is 36.6 Å². The van der Waals surface area contributed by atoms with E-state index < -0.39 is 23.5 Å². The first-order valence-electron chi connectivity index (χ1n) is 6.63. The third-order valence-corrected chi connectivity index (χ3v) is 3.48. The van der Waals surface area contributed by atoms with E-state index in [-0.39, 0.29) is 30.4 Å². The molecule has 0 aliphatic carbocycles. The van der Waals surface area contributed by atoms with Crippen LogP contribution in [-0.2, 0) is 23.6 Å². The summed E-state index contributed by atoms with van der Waals surface area (Å²) in [5, 5.41) is 0. The van der Waals surface area contributed by atoms with E-state index >= 15 is 0 Å². The fraction of sp³-hybridized carbons (Fsp3) is 0.500. The molecule has 0 atom stereocenters. The molecule has 0 radical (unpaired) electrons. The van der Waals surface area contributed by atoms with Crippen molar-refractivity contribution >= 4 is 5.91 Å². The number of benzene rings is 1. The van der Waals surface area contributed by atoms with E-state index in [0.29, 0.717) is 25.2 Å². The summed E-state index contributed by atoms with van der Waals surface area (Å²) in [6, 6.07) is 1.41. The van der Waals surface area contributed by atoms with Crippen LogP contribution in [0.3, 0.4) is 0 Å². The third kappa shape index (κ3) is 3.92. The molecule has 8 heteroatoms. The molecule has 1 aliphatic heterocycles. The SMILES string of the molecule is O=C(CCc1cc(C(F)(F)F)cc(C(F)(F)F)c1)N1CCC1. The van der Waals surface area contributed by atoms with Gasteiger partial charge in [0.1, 0.15) is 0 Å². The Labute approximate surface area is 122 Å². The van der Waals surface area contributed by atoms with E-state index in [1.807, 2.05) is 0 Å². The van der Waals surface area contributed by atoms with Crippen LogP contribution in [0.4, 0.5) is 26.3 Å². The molecule has 1 fully saturated rings. The average molecular weight is 325 g/mol. The highest BCUT2D eigenvalue weighted by Crippen LogP contribution is 2.36. The molecule has 122 valence electrons. The standard InChI is InChI=1S/C14H13F6NO/c15-13(16,17)10-6-9(7-11(8-10)14(18,19)20)2-3-12(22)21-4-1-5-21/h6-8H,1-5H2. The molecule has 2 nitrogen and oxygen atoms in total. The highest BCUT2D eigenvalue weighted by molar-refractivity contribution is 5.77. The van der Waals surface area contributed by atoms with E-state index in [2.05, 4.69) is 0 Å². The maximum atomic E-state index is 12.7. The number of aryl methyl sites for hydroxylation is 1. The van der Waals surface area contributed by atoms with E-state index in [9.17, 15) is 31.1 Å². The normalized spacial score (nSPS) is 15.6. The molecule has 1 saturated heterocycles. The van der Waals surface area contributed by atoms with E-state index in [1.165, 1.54) is 4.90 Å². The quantitative estimate of drug-likeness (QED) is 0.772. The molecule has 0 unspecified atom stereocenters. The number of amides is 1. The van der Waals surface area contributed by atoms with Crippen molar-refractivity contribution in [2.24, 2.45) is 0 Å². The Morgan fingerprint density at radius 1 is 0.955 bits per heavy atom. The van der Waals surface area contributed by atoms with E-state index in [4.69, 9.17) is 0 Å². The number of rotatable bonds is 3. The van der Waals surface area contributed by atoms with Gasteiger partial charge in [0.05, 0.1) is 11.1 Å². The first kappa shape index (κ1) is 16.6. The summed E-state index contributed by atoms with van der Waals surface area (Å²) in [6.07, 6.45) is -9.11. The molecule has 1 aromatic rings. The molecule has 0 aromatic heterocycles. The minimum Gasteiger partial charge on any atom is -0.343 e. The number of halogens is 6. The Morgan fingerprint density at radius 3 is 1.82 bits per heavy atom. The van der Waals surface area contributed by atoms with Crippen molar-refractivity contribution in [3.05, 3.63) is 34.9 Å². The maximum absolute atomic E-state index is 12.7. The molecule has 1 heterocycles. The maximum Gasteiger partial charge on any atom is 0.416 e. The first-order valence-corrected chi connectivity index (χ1v) is 6.63. The number of carbonyl (C=O) groups excluding carboxylic acids is 1. The molecular weight excluding hydrogens is 312 g/mol. The third-order valence-electron chi connectivity index (χ3n) is 3.48. The molecule has 0 saturated carbocycles. The van der Waals surface area contributed by atoms with Crippen LogP contribution < -0.4 is 0 Å². The van der Waals surface area contributed by atoms with Crippen LogP contribution >= 0.6 is 0 Å². The summed E-state index contributed by atoms with van der Waals surface area (Å²) in [5.74, 6) is -0.253. The van der Waals surface area contributed by atoms with Gasteiger partial charge in [0.2, 0.25) is 5.91 Å². The molecule has 1 aliphatic rings. The summed E-state index contributed by atoms with van der Waals surface area (Å²) in [4.78, 5) is 13.2. The number of alkyl halides is 6. The monoisotopic (exact) mass is 325 g/mol.